The number of rotatable bonds is 6. The third-order valence-corrected chi connectivity index (χ3v) is 3.42. The number of urea groups is 1. The molecule has 0 saturated carbocycles. The van der Waals surface area contributed by atoms with Gasteiger partial charge in [-0.3, -0.25) is 0 Å². The van der Waals surface area contributed by atoms with Crippen LogP contribution in [0.4, 0.5) is 10.5 Å². The van der Waals surface area contributed by atoms with Crippen LogP contribution in [0, 0.1) is 0 Å². The fourth-order valence-corrected chi connectivity index (χ4v) is 1.80. The van der Waals surface area contributed by atoms with Crippen molar-refractivity contribution in [1.82, 2.24) is 5.32 Å². The number of benzene rings is 1. The predicted molar refractivity (Wildman–Crippen MR) is 87.2 cm³/mol. The van der Waals surface area contributed by atoms with E-state index in [0.29, 0.717) is 0 Å². The lowest BCUT2D eigenvalue weighted by Crippen LogP contribution is -2.47. The Morgan fingerprint density at radius 2 is 1.92 bits per heavy atom. The molecular weight excluding hydrogens is 316 g/mol. The Morgan fingerprint density at radius 1 is 1.29 bits per heavy atom. The summed E-state index contributed by atoms with van der Waals surface area (Å²) in [4.78, 5) is 34.6. The smallest absolute Gasteiger partial charge is 0.339 e. The summed E-state index contributed by atoms with van der Waals surface area (Å²) in [7, 11) is 1.23. The molecule has 8 heteroatoms. The molecule has 1 aromatic rings. The van der Waals surface area contributed by atoms with Crippen molar-refractivity contribution in [2.75, 3.05) is 19.0 Å². The van der Waals surface area contributed by atoms with E-state index in [1.165, 1.54) is 7.11 Å². The highest BCUT2D eigenvalue weighted by Crippen LogP contribution is 2.23. The van der Waals surface area contributed by atoms with Gasteiger partial charge in [0.15, 0.2) is 5.60 Å². The van der Waals surface area contributed by atoms with Crippen LogP contribution in [0.2, 0.25) is 0 Å². The quantitative estimate of drug-likeness (QED) is 0.583. The minimum atomic E-state index is -2.09. The standard InChI is InChI=1S/C16H22N2O6/c1-9(2)10-5-6-12(11(7-10)13(19)24-4)18-15(22)17-8-16(3,23)14(20)21/h5-7,9,23H,8H2,1-4H3,(H,20,21)(H2,17,18,22). The van der Waals surface area contributed by atoms with E-state index in [0.717, 1.165) is 12.5 Å². The minimum Gasteiger partial charge on any atom is -0.479 e. The molecule has 132 valence electrons. The maximum absolute atomic E-state index is 11.9. The van der Waals surface area contributed by atoms with Gasteiger partial charge in [-0.05, 0) is 30.5 Å². The highest BCUT2D eigenvalue weighted by molar-refractivity contribution is 6.01. The van der Waals surface area contributed by atoms with Gasteiger partial charge in [-0.1, -0.05) is 19.9 Å². The van der Waals surface area contributed by atoms with Crippen LogP contribution in [0.1, 0.15) is 42.6 Å². The summed E-state index contributed by atoms with van der Waals surface area (Å²) in [5.41, 5.74) is -0.790. The summed E-state index contributed by atoms with van der Waals surface area (Å²) in [5.74, 6) is -1.88. The lowest BCUT2D eigenvalue weighted by atomic mass is 9.99. The molecule has 0 aliphatic carbocycles. The van der Waals surface area contributed by atoms with Crippen LogP contribution in [0.15, 0.2) is 18.2 Å². The molecule has 0 spiro atoms. The monoisotopic (exact) mass is 338 g/mol. The molecule has 1 aromatic carbocycles. The highest BCUT2D eigenvalue weighted by Gasteiger charge is 2.30. The highest BCUT2D eigenvalue weighted by atomic mass is 16.5. The molecule has 1 rings (SSSR count). The second-order valence-corrected chi connectivity index (χ2v) is 5.84. The lowest BCUT2D eigenvalue weighted by Gasteiger charge is -2.19. The number of aliphatic hydroxyl groups is 1. The van der Waals surface area contributed by atoms with E-state index in [2.05, 4.69) is 10.6 Å². The maximum atomic E-state index is 11.9. The zero-order valence-corrected chi connectivity index (χ0v) is 14.0. The van der Waals surface area contributed by atoms with Crippen molar-refractivity contribution < 1.29 is 29.3 Å². The maximum Gasteiger partial charge on any atom is 0.339 e. The number of amides is 2. The molecule has 1 unspecified atom stereocenters. The summed E-state index contributed by atoms with van der Waals surface area (Å²) in [6.07, 6.45) is 0. The van der Waals surface area contributed by atoms with E-state index in [-0.39, 0.29) is 17.2 Å². The van der Waals surface area contributed by atoms with E-state index < -0.39 is 30.1 Å². The number of hydrogen-bond donors (Lipinski definition) is 4. The van der Waals surface area contributed by atoms with Crippen molar-refractivity contribution in [2.45, 2.75) is 32.3 Å². The molecule has 0 bridgehead atoms. The Balaban J connectivity index is 2.92. The second kappa shape index (κ2) is 7.78. The molecule has 2 amide bonds. The molecule has 0 heterocycles. The number of aliphatic carboxylic acids is 1. The van der Waals surface area contributed by atoms with Gasteiger partial charge in [-0.15, -0.1) is 0 Å². The Hall–Kier alpha value is -2.61. The molecule has 0 radical (unpaired) electrons. The number of carbonyl (C=O) groups excluding carboxylic acids is 2. The number of carbonyl (C=O) groups is 3. The van der Waals surface area contributed by atoms with Gasteiger partial charge in [0.2, 0.25) is 0 Å². The van der Waals surface area contributed by atoms with E-state index in [1.807, 2.05) is 13.8 Å². The average molecular weight is 338 g/mol. The molecule has 0 saturated heterocycles. The molecule has 0 aromatic heterocycles. The van der Waals surface area contributed by atoms with Crippen molar-refractivity contribution in [1.29, 1.82) is 0 Å². The van der Waals surface area contributed by atoms with Crippen molar-refractivity contribution in [3.63, 3.8) is 0 Å². The Morgan fingerprint density at radius 3 is 2.42 bits per heavy atom. The second-order valence-electron chi connectivity index (χ2n) is 5.84. The van der Waals surface area contributed by atoms with Gasteiger partial charge in [0.1, 0.15) is 0 Å². The number of hydrogen-bond acceptors (Lipinski definition) is 5. The van der Waals surface area contributed by atoms with E-state index >= 15 is 0 Å². The third kappa shape index (κ3) is 4.95. The Labute approximate surface area is 139 Å². The largest absolute Gasteiger partial charge is 0.479 e. The molecule has 0 aliphatic heterocycles. The summed E-state index contributed by atoms with van der Waals surface area (Å²) in [6.45, 7) is 4.49. The normalized spacial score (nSPS) is 13.1. The SMILES string of the molecule is COC(=O)c1cc(C(C)C)ccc1NC(=O)NCC(C)(O)C(=O)O. The van der Waals surface area contributed by atoms with Crippen LogP contribution in [0.3, 0.4) is 0 Å². The van der Waals surface area contributed by atoms with Crippen molar-refractivity contribution in [2.24, 2.45) is 0 Å². The zero-order chi connectivity index (χ0) is 18.5. The van der Waals surface area contributed by atoms with E-state index in [1.54, 1.807) is 18.2 Å². The zero-order valence-electron chi connectivity index (χ0n) is 14.0. The topological polar surface area (TPSA) is 125 Å². The first-order valence-electron chi connectivity index (χ1n) is 7.31. The van der Waals surface area contributed by atoms with Crippen molar-refractivity contribution in [3.05, 3.63) is 29.3 Å². The molecule has 24 heavy (non-hydrogen) atoms. The molecular formula is C16H22N2O6. The summed E-state index contributed by atoms with van der Waals surface area (Å²) in [5, 5.41) is 23.1. The van der Waals surface area contributed by atoms with E-state index in [4.69, 9.17) is 9.84 Å². The summed E-state index contributed by atoms with van der Waals surface area (Å²) in [6, 6.07) is 4.20. The molecule has 0 fully saturated rings. The molecule has 8 nitrogen and oxygen atoms in total. The first-order chi connectivity index (χ1) is 11.1. The third-order valence-electron chi connectivity index (χ3n) is 3.42. The van der Waals surface area contributed by atoms with Gasteiger partial charge < -0.3 is 25.6 Å². The Bertz CT molecular complexity index is 639. The van der Waals surface area contributed by atoms with Crippen molar-refractivity contribution in [3.8, 4) is 0 Å². The van der Waals surface area contributed by atoms with Crippen LogP contribution in [0.25, 0.3) is 0 Å². The van der Waals surface area contributed by atoms with E-state index in [9.17, 15) is 19.5 Å². The summed E-state index contributed by atoms with van der Waals surface area (Å²) < 4.78 is 4.71. The van der Waals surface area contributed by atoms with Gasteiger partial charge in [-0.2, -0.15) is 0 Å². The van der Waals surface area contributed by atoms with Gasteiger partial charge in [0, 0.05) is 0 Å². The molecule has 4 N–H and O–H groups in total. The minimum absolute atomic E-state index is 0.182. The Kier molecular flexibility index (Phi) is 6.30. The van der Waals surface area contributed by atoms with Crippen LogP contribution < -0.4 is 10.6 Å². The number of esters is 1. The average Bonchev–Trinajstić information content (AvgIpc) is 2.52. The number of carboxylic acids is 1. The lowest BCUT2D eigenvalue weighted by molar-refractivity contribution is -0.155. The number of nitrogens with one attached hydrogen (secondary N) is 2. The first kappa shape index (κ1) is 19.4. The predicted octanol–water partition coefficient (Wildman–Crippen LogP) is 1.55. The fourth-order valence-electron chi connectivity index (χ4n) is 1.80. The molecule has 0 aliphatic rings. The van der Waals surface area contributed by atoms with Crippen LogP contribution in [-0.2, 0) is 9.53 Å². The number of anilines is 1. The van der Waals surface area contributed by atoms with Gasteiger partial charge in [-0.25, -0.2) is 14.4 Å². The van der Waals surface area contributed by atoms with Crippen LogP contribution in [-0.4, -0.2) is 47.4 Å². The summed E-state index contributed by atoms with van der Waals surface area (Å²) >= 11 is 0. The number of carboxylic acid groups (broad SMARTS) is 1. The fraction of sp³-hybridized carbons (Fsp3) is 0.438. The number of methoxy groups -OCH3 is 1. The first-order valence-corrected chi connectivity index (χ1v) is 7.31. The van der Waals surface area contributed by atoms with Crippen LogP contribution >= 0.6 is 0 Å². The van der Waals surface area contributed by atoms with Crippen LogP contribution in [0.5, 0.6) is 0 Å². The number of ether oxygens (including phenoxy) is 1. The van der Waals surface area contributed by atoms with Gasteiger partial charge >= 0.3 is 18.0 Å². The van der Waals surface area contributed by atoms with Gasteiger partial charge in [0.05, 0.1) is 24.9 Å². The van der Waals surface area contributed by atoms with Crippen molar-refractivity contribution >= 4 is 23.7 Å². The van der Waals surface area contributed by atoms with Gasteiger partial charge in [0.25, 0.3) is 0 Å². The molecule has 1 atom stereocenters.